The molecule has 2 aromatic carbocycles. The minimum atomic E-state index is -0.585. The molecule has 0 spiro atoms. The van der Waals surface area contributed by atoms with Crippen LogP contribution >= 0.6 is 0 Å². The van der Waals surface area contributed by atoms with Crippen molar-refractivity contribution in [2.75, 3.05) is 11.1 Å². The largest absolute Gasteiger partial charge is 0.481 e. The Balaban J connectivity index is 2.03. The Morgan fingerprint density at radius 1 is 1.15 bits per heavy atom. The zero-order valence-electron chi connectivity index (χ0n) is 11.6. The molecule has 2 aromatic rings. The van der Waals surface area contributed by atoms with Crippen molar-refractivity contribution in [3.8, 4) is 5.75 Å². The fourth-order valence-electron chi connectivity index (χ4n) is 1.78. The third kappa shape index (κ3) is 3.29. The van der Waals surface area contributed by atoms with E-state index in [1.54, 1.807) is 19.1 Å². The van der Waals surface area contributed by atoms with E-state index >= 15 is 0 Å². The number of carbonyl (C=O) groups excluding carboxylic acids is 1. The summed E-state index contributed by atoms with van der Waals surface area (Å²) in [5, 5.41) is 2.83. The van der Waals surface area contributed by atoms with Gasteiger partial charge in [-0.15, -0.1) is 0 Å². The monoisotopic (exact) mass is 270 g/mol. The van der Waals surface area contributed by atoms with Crippen LogP contribution in [0.4, 0.5) is 11.4 Å². The zero-order chi connectivity index (χ0) is 14.5. The third-order valence-electron chi connectivity index (χ3n) is 3.06. The normalized spacial score (nSPS) is 11.7. The lowest BCUT2D eigenvalue weighted by atomic mass is 10.1. The molecule has 0 saturated heterocycles. The van der Waals surface area contributed by atoms with Gasteiger partial charge in [0.05, 0.1) is 0 Å². The quantitative estimate of drug-likeness (QED) is 0.839. The highest BCUT2D eigenvalue weighted by atomic mass is 16.5. The lowest BCUT2D eigenvalue weighted by Crippen LogP contribution is -2.30. The molecule has 0 bridgehead atoms. The van der Waals surface area contributed by atoms with Gasteiger partial charge in [0.2, 0.25) is 0 Å². The van der Waals surface area contributed by atoms with Crippen LogP contribution in [-0.2, 0) is 4.79 Å². The first-order valence-electron chi connectivity index (χ1n) is 6.45. The molecule has 0 aliphatic carbocycles. The summed E-state index contributed by atoms with van der Waals surface area (Å²) >= 11 is 0. The number of nitrogens with one attached hydrogen (secondary N) is 1. The molecule has 0 aliphatic rings. The molecule has 1 unspecified atom stereocenters. The number of carbonyl (C=O) groups is 1. The number of hydrogen-bond donors (Lipinski definition) is 2. The Bertz CT molecular complexity index is 597. The zero-order valence-corrected chi connectivity index (χ0v) is 11.6. The number of rotatable bonds is 4. The van der Waals surface area contributed by atoms with E-state index in [4.69, 9.17) is 10.5 Å². The van der Waals surface area contributed by atoms with Crippen molar-refractivity contribution in [2.24, 2.45) is 0 Å². The van der Waals surface area contributed by atoms with Gasteiger partial charge in [0, 0.05) is 11.4 Å². The summed E-state index contributed by atoms with van der Waals surface area (Å²) in [5.41, 5.74) is 8.03. The summed E-state index contributed by atoms with van der Waals surface area (Å²) in [6.07, 6.45) is -0.585. The van der Waals surface area contributed by atoms with E-state index in [-0.39, 0.29) is 5.91 Å². The Morgan fingerprint density at radius 2 is 1.85 bits per heavy atom. The van der Waals surface area contributed by atoms with Gasteiger partial charge in [-0.2, -0.15) is 0 Å². The molecule has 1 amide bonds. The van der Waals surface area contributed by atoms with Crippen molar-refractivity contribution in [2.45, 2.75) is 20.0 Å². The van der Waals surface area contributed by atoms with Crippen molar-refractivity contribution >= 4 is 17.3 Å². The molecule has 2 rings (SSSR count). The van der Waals surface area contributed by atoms with Crippen LogP contribution in [0.3, 0.4) is 0 Å². The lowest BCUT2D eigenvalue weighted by molar-refractivity contribution is -0.122. The molecule has 0 aromatic heterocycles. The minimum absolute atomic E-state index is 0.206. The van der Waals surface area contributed by atoms with Gasteiger partial charge in [0.1, 0.15) is 5.75 Å². The molecule has 0 saturated carbocycles. The third-order valence-corrected chi connectivity index (χ3v) is 3.06. The summed E-state index contributed by atoms with van der Waals surface area (Å²) < 4.78 is 5.58. The smallest absolute Gasteiger partial charge is 0.265 e. The highest BCUT2D eigenvalue weighted by molar-refractivity contribution is 5.95. The van der Waals surface area contributed by atoms with Crippen molar-refractivity contribution < 1.29 is 9.53 Å². The van der Waals surface area contributed by atoms with E-state index < -0.39 is 6.10 Å². The Labute approximate surface area is 118 Å². The van der Waals surface area contributed by atoms with Gasteiger partial charge in [0.25, 0.3) is 5.91 Å². The van der Waals surface area contributed by atoms with Crippen molar-refractivity contribution in [1.82, 2.24) is 0 Å². The Hall–Kier alpha value is -2.49. The fourth-order valence-corrected chi connectivity index (χ4v) is 1.78. The van der Waals surface area contributed by atoms with Crippen LogP contribution in [0.1, 0.15) is 12.5 Å². The van der Waals surface area contributed by atoms with Crippen LogP contribution < -0.4 is 15.8 Å². The number of nitrogens with two attached hydrogens (primary N) is 1. The van der Waals surface area contributed by atoms with Crippen LogP contribution in [0.25, 0.3) is 0 Å². The summed E-state index contributed by atoms with van der Waals surface area (Å²) in [6.45, 7) is 3.58. The van der Waals surface area contributed by atoms with Gasteiger partial charge in [-0.05, 0) is 43.7 Å². The van der Waals surface area contributed by atoms with Crippen molar-refractivity contribution in [3.63, 3.8) is 0 Å². The average Bonchev–Trinajstić information content (AvgIpc) is 2.45. The predicted molar refractivity (Wildman–Crippen MR) is 80.8 cm³/mol. The van der Waals surface area contributed by atoms with E-state index in [1.165, 1.54) is 0 Å². The predicted octanol–water partition coefficient (Wildman–Crippen LogP) is 2.98. The molecular weight excluding hydrogens is 252 g/mol. The van der Waals surface area contributed by atoms with E-state index in [0.29, 0.717) is 17.1 Å². The van der Waals surface area contributed by atoms with Gasteiger partial charge in [-0.3, -0.25) is 4.79 Å². The maximum atomic E-state index is 12.1. The number of amides is 1. The van der Waals surface area contributed by atoms with Crippen LogP contribution in [0.2, 0.25) is 0 Å². The average molecular weight is 270 g/mol. The molecule has 0 aliphatic heterocycles. The molecule has 0 heterocycles. The van der Waals surface area contributed by atoms with Gasteiger partial charge in [0.15, 0.2) is 6.10 Å². The number of anilines is 2. The fraction of sp³-hybridized carbons (Fsp3) is 0.188. The minimum Gasteiger partial charge on any atom is -0.481 e. The van der Waals surface area contributed by atoms with Crippen LogP contribution in [0, 0.1) is 6.92 Å². The van der Waals surface area contributed by atoms with Crippen molar-refractivity contribution in [3.05, 3.63) is 54.1 Å². The molecule has 1 atom stereocenters. The van der Waals surface area contributed by atoms with Crippen LogP contribution in [0.15, 0.2) is 48.5 Å². The number of para-hydroxylation sites is 1. The standard InChI is InChI=1S/C16H18N2O2/c1-11-14(17)9-6-10-15(11)18-16(19)12(2)20-13-7-4-3-5-8-13/h3-10,12H,17H2,1-2H3,(H,18,19). The molecule has 3 N–H and O–H groups in total. The first-order valence-corrected chi connectivity index (χ1v) is 6.45. The number of ether oxygens (including phenoxy) is 1. The highest BCUT2D eigenvalue weighted by Crippen LogP contribution is 2.21. The maximum absolute atomic E-state index is 12.1. The first kappa shape index (κ1) is 13.9. The van der Waals surface area contributed by atoms with Gasteiger partial charge >= 0.3 is 0 Å². The van der Waals surface area contributed by atoms with E-state index in [1.807, 2.05) is 43.3 Å². The molecule has 0 fully saturated rings. The summed E-state index contributed by atoms with van der Waals surface area (Å²) in [5.74, 6) is 0.460. The SMILES string of the molecule is Cc1c(N)cccc1NC(=O)C(C)Oc1ccccc1. The molecular formula is C16H18N2O2. The lowest BCUT2D eigenvalue weighted by Gasteiger charge is -2.16. The second kappa shape index (κ2) is 6.10. The second-order valence-corrected chi connectivity index (χ2v) is 4.58. The van der Waals surface area contributed by atoms with Crippen molar-refractivity contribution in [1.29, 1.82) is 0 Å². The maximum Gasteiger partial charge on any atom is 0.265 e. The Kier molecular flexibility index (Phi) is 4.25. The number of nitrogen functional groups attached to an aromatic ring is 1. The molecule has 104 valence electrons. The number of hydrogen-bond acceptors (Lipinski definition) is 3. The van der Waals surface area contributed by atoms with E-state index in [9.17, 15) is 4.79 Å². The molecule has 4 heteroatoms. The summed E-state index contributed by atoms with van der Waals surface area (Å²) in [4.78, 5) is 12.1. The van der Waals surface area contributed by atoms with Gasteiger partial charge in [-0.25, -0.2) is 0 Å². The van der Waals surface area contributed by atoms with Crippen LogP contribution in [-0.4, -0.2) is 12.0 Å². The molecule has 20 heavy (non-hydrogen) atoms. The number of benzene rings is 2. The van der Waals surface area contributed by atoms with Gasteiger partial charge in [-0.1, -0.05) is 24.3 Å². The van der Waals surface area contributed by atoms with Crippen LogP contribution in [0.5, 0.6) is 5.75 Å². The summed E-state index contributed by atoms with van der Waals surface area (Å²) in [6, 6.07) is 14.7. The van der Waals surface area contributed by atoms with E-state index in [0.717, 1.165) is 5.56 Å². The summed E-state index contributed by atoms with van der Waals surface area (Å²) in [7, 11) is 0. The molecule has 0 radical (unpaired) electrons. The first-order chi connectivity index (χ1) is 9.58. The second-order valence-electron chi connectivity index (χ2n) is 4.58. The van der Waals surface area contributed by atoms with Gasteiger partial charge < -0.3 is 15.8 Å². The van der Waals surface area contributed by atoms with E-state index in [2.05, 4.69) is 5.32 Å². The molecule has 4 nitrogen and oxygen atoms in total. The Morgan fingerprint density at radius 3 is 2.55 bits per heavy atom. The highest BCUT2D eigenvalue weighted by Gasteiger charge is 2.15. The topological polar surface area (TPSA) is 64.3 Å².